The molecule has 7 heteroatoms. The van der Waals surface area contributed by atoms with Crippen molar-refractivity contribution in [2.45, 2.75) is 0 Å². The van der Waals surface area contributed by atoms with Crippen molar-refractivity contribution in [3.05, 3.63) is 36.4 Å². The van der Waals surface area contributed by atoms with E-state index >= 15 is 0 Å². The summed E-state index contributed by atoms with van der Waals surface area (Å²) in [5.41, 5.74) is 5.59. The number of nitrogens with two attached hydrogens (primary N) is 4. The average Bonchev–Trinajstić information content (AvgIpc) is 2.32. The Morgan fingerprint density at radius 1 is 1.23 bits per heavy atom. The Morgan fingerprint density at radius 3 is 2.62 bits per heavy atom. The first kappa shape index (κ1) is 8.08. The smallest absolute Gasteiger partial charge is 0.269 e. The van der Waals surface area contributed by atoms with E-state index in [1.807, 2.05) is 0 Å². The molecular formula is C6H12N7+. The van der Waals surface area contributed by atoms with Crippen LogP contribution >= 0.6 is 0 Å². The van der Waals surface area contributed by atoms with Gasteiger partial charge in [0.1, 0.15) is 12.4 Å². The molecular weight excluding hydrogens is 170 g/mol. The van der Waals surface area contributed by atoms with Gasteiger partial charge in [-0.05, 0) is 0 Å². The molecule has 0 fully saturated rings. The number of hydrogen-bond donors (Lipinski definition) is 4. The lowest BCUT2D eigenvalue weighted by Gasteiger charge is -2.29. The lowest BCUT2D eigenvalue weighted by Crippen LogP contribution is -2.51. The summed E-state index contributed by atoms with van der Waals surface area (Å²) in [5, 5.41) is 2.66. The van der Waals surface area contributed by atoms with Gasteiger partial charge in [-0.3, -0.25) is 5.01 Å². The van der Waals surface area contributed by atoms with Gasteiger partial charge in [0, 0.05) is 0 Å². The van der Waals surface area contributed by atoms with Crippen LogP contribution in [-0.4, -0.2) is 14.6 Å². The highest BCUT2D eigenvalue weighted by Crippen LogP contribution is 2.26. The van der Waals surface area contributed by atoms with E-state index in [2.05, 4.69) is 0 Å². The molecule has 0 radical (unpaired) electrons. The number of fused-ring (bicyclic) bond motifs is 1. The van der Waals surface area contributed by atoms with Crippen molar-refractivity contribution >= 4 is 0 Å². The van der Waals surface area contributed by atoms with Crippen LogP contribution in [0, 0.1) is 0 Å². The van der Waals surface area contributed by atoms with E-state index in [1.54, 1.807) is 24.8 Å². The SMILES string of the molecule is NC1=C[N+]2(N)C=CN(N)C2=CN1N. The second-order valence-electron chi connectivity index (χ2n) is 2.99. The molecule has 0 aliphatic carbocycles. The molecule has 0 saturated carbocycles. The van der Waals surface area contributed by atoms with E-state index in [9.17, 15) is 0 Å². The van der Waals surface area contributed by atoms with Crippen molar-refractivity contribution in [3.63, 3.8) is 0 Å². The fourth-order valence-electron chi connectivity index (χ4n) is 1.30. The molecule has 7 nitrogen and oxygen atoms in total. The van der Waals surface area contributed by atoms with E-state index in [-0.39, 0.29) is 4.59 Å². The third kappa shape index (κ3) is 0.993. The molecule has 8 N–H and O–H groups in total. The molecule has 2 aliphatic rings. The number of rotatable bonds is 0. The molecule has 0 aromatic heterocycles. The summed E-state index contributed by atoms with van der Waals surface area (Å²) in [5.74, 6) is 18.1. The Bertz CT molecular complexity index is 330. The first-order chi connectivity index (χ1) is 6.03. The Labute approximate surface area is 75.2 Å². The van der Waals surface area contributed by atoms with E-state index < -0.39 is 0 Å². The molecule has 0 aromatic rings. The largest absolute Gasteiger partial charge is 0.380 e. The standard InChI is InChI=1S/C6H12N7/c7-5-4-13(10)2-1-11(8)6(13)3-12(5)9/h1-4H,7-10H2/q+1. The molecule has 0 saturated heterocycles. The van der Waals surface area contributed by atoms with Crippen LogP contribution in [0.5, 0.6) is 0 Å². The minimum Gasteiger partial charge on any atom is -0.380 e. The highest BCUT2D eigenvalue weighted by molar-refractivity contribution is 5.12. The van der Waals surface area contributed by atoms with Gasteiger partial charge in [0.2, 0.25) is 0 Å². The third-order valence-electron chi connectivity index (χ3n) is 2.03. The van der Waals surface area contributed by atoms with Gasteiger partial charge in [-0.15, -0.1) is 4.59 Å². The quantitative estimate of drug-likeness (QED) is 0.257. The second-order valence-corrected chi connectivity index (χ2v) is 2.99. The van der Waals surface area contributed by atoms with Crippen LogP contribution in [-0.2, 0) is 0 Å². The predicted octanol–water partition coefficient (Wildman–Crippen LogP) is -1.92. The van der Waals surface area contributed by atoms with Gasteiger partial charge in [0.15, 0.2) is 12.0 Å². The maximum Gasteiger partial charge on any atom is 0.269 e. The van der Waals surface area contributed by atoms with Crippen LogP contribution in [0.3, 0.4) is 0 Å². The molecule has 1 atom stereocenters. The zero-order valence-electron chi connectivity index (χ0n) is 6.96. The van der Waals surface area contributed by atoms with E-state index in [0.29, 0.717) is 11.6 Å². The summed E-state index contributed by atoms with van der Waals surface area (Å²) >= 11 is 0. The summed E-state index contributed by atoms with van der Waals surface area (Å²) < 4.78 is -0.0456. The van der Waals surface area contributed by atoms with Crippen LogP contribution < -0.4 is 23.3 Å². The van der Waals surface area contributed by atoms with Gasteiger partial charge in [0.05, 0.1) is 6.20 Å². The predicted molar refractivity (Wildman–Crippen MR) is 46.0 cm³/mol. The molecule has 0 amide bonds. The highest BCUT2D eigenvalue weighted by atomic mass is 15.7. The lowest BCUT2D eigenvalue weighted by atomic mass is 10.5. The van der Waals surface area contributed by atoms with Crippen LogP contribution in [0.15, 0.2) is 36.4 Å². The minimum absolute atomic E-state index is 0.0456. The lowest BCUT2D eigenvalue weighted by molar-refractivity contribution is -0.805. The van der Waals surface area contributed by atoms with Crippen molar-refractivity contribution in [2.75, 3.05) is 0 Å². The van der Waals surface area contributed by atoms with Gasteiger partial charge in [-0.25, -0.2) is 16.7 Å². The minimum atomic E-state index is -0.0456. The summed E-state index contributed by atoms with van der Waals surface area (Å²) in [6, 6.07) is 0. The summed E-state index contributed by atoms with van der Waals surface area (Å²) in [7, 11) is 0. The molecule has 2 heterocycles. The Balaban J connectivity index is 2.46. The zero-order chi connectivity index (χ0) is 9.64. The van der Waals surface area contributed by atoms with Crippen LogP contribution in [0.4, 0.5) is 0 Å². The van der Waals surface area contributed by atoms with Gasteiger partial charge in [0.25, 0.3) is 5.82 Å². The molecule has 2 aliphatic heterocycles. The normalized spacial score (nSPS) is 31.6. The van der Waals surface area contributed by atoms with E-state index in [0.717, 1.165) is 0 Å². The Morgan fingerprint density at radius 2 is 1.92 bits per heavy atom. The Hall–Kier alpha value is -1.54. The number of hydrogen-bond acceptors (Lipinski definition) is 6. The van der Waals surface area contributed by atoms with Crippen molar-refractivity contribution in [1.29, 1.82) is 0 Å². The molecule has 13 heavy (non-hydrogen) atoms. The summed E-state index contributed by atoms with van der Waals surface area (Å²) in [4.78, 5) is 0. The molecule has 0 aromatic carbocycles. The molecule has 1 unspecified atom stereocenters. The monoisotopic (exact) mass is 182 g/mol. The fourth-order valence-corrected chi connectivity index (χ4v) is 1.30. The molecule has 2 rings (SSSR count). The highest BCUT2D eigenvalue weighted by Gasteiger charge is 2.38. The first-order valence-electron chi connectivity index (χ1n) is 3.68. The fraction of sp³-hybridized carbons (Fsp3) is 0. The van der Waals surface area contributed by atoms with Crippen LogP contribution in [0.25, 0.3) is 0 Å². The average molecular weight is 182 g/mol. The summed E-state index contributed by atoms with van der Waals surface area (Å²) in [6.07, 6.45) is 6.52. The van der Waals surface area contributed by atoms with Crippen LogP contribution in [0.2, 0.25) is 0 Å². The van der Waals surface area contributed by atoms with Crippen molar-refractivity contribution in [2.24, 2.45) is 23.3 Å². The van der Waals surface area contributed by atoms with Gasteiger partial charge < -0.3 is 5.73 Å². The zero-order valence-corrected chi connectivity index (χ0v) is 6.96. The molecule has 70 valence electrons. The molecule has 0 spiro atoms. The maximum atomic E-state index is 5.93. The number of nitrogens with zero attached hydrogens (tertiary/aromatic N) is 3. The van der Waals surface area contributed by atoms with E-state index in [1.165, 1.54) is 10.0 Å². The van der Waals surface area contributed by atoms with Crippen molar-refractivity contribution in [1.82, 2.24) is 10.0 Å². The van der Waals surface area contributed by atoms with Gasteiger partial charge >= 0.3 is 0 Å². The van der Waals surface area contributed by atoms with Crippen LogP contribution in [0.1, 0.15) is 0 Å². The second kappa shape index (κ2) is 2.24. The molecule has 0 bridgehead atoms. The number of quaternary nitrogens is 1. The topological polar surface area (TPSA) is 111 Å². The first-order valence-corrected chi connectivity index (χ1v) is 3.68. The van der Waals surface area contributed by atoms with Crippen molar-refractivity contribution < 1.29 is 4.59 Å². The van der Waals surface area contributed by atoms with Gasteiger partial charge in [-0.1, -0.05) is 0 Å². The van der Waals surface area contributed by atoms with Crippen molar-refractivity contribution in [3.8, 4) is 0 Å². The third-order valence-corrected chi connectivity index (χ3v) is 2.03. The number of hydrazine groups is 2. The summed E-state index contributed by atoms with van der Waals surface area (Å²) in [6.45, 7) is 0. The van der Waals surface area contributed by atoms with Gasteiger partial charge in [-0.2, -0.15) is 5.84 Å². The van der Waals surface area contributed by atoms with E-state index in [4.69, 9.17) is 23.3 Å². The Kier molecular flexibility index (Phi) is 1.39. The maximum absolute atomic E-state index is 5.93.